The number of anilines is 1. The lowest BCUT2D eigenvalue weighted by Crippen LogP contribution is -2.13. The molecule has 8 nitrogen and oxygen atoms in total. The minimum atomic E-state index is -3.91. The van der Waals surface area contributed by atoms with Crippen LogP contribution in [0.1, 0.15) is 11.6 Å². The number of imidazole rings is 1. The molecule has 1 N–H and O–H groups in total. The second kappa shape index (κ2) is 8.15. The van der Waals surface area contributed by atoms with Crippen LogP contribution in [0.5, 0.6) is 11.6 Å². The molecule has 4 rings (SSSR count). The molecule has 0 bridgehead atoms. The summed E-state index contributed by atoms with van der Waals surface area (Å²) in [6.07, 6.45) is 3.47. The van der Waals surface area contributed by atoms with Crippen molar-refractivity contribution in [1.29, 1.82) is 0 Å². The molecule has 0 saturated heterocycles. The number of ether oxygens (including phenoxy) is 1. The van der Waals surface area contributed by atoms with Crippen LogP contribution in [0.4, 0.5) is 10.1 Å². The van der Waals surface area contributed by atoms with Crippen molar-refractivity contribution in [2.24, 2.45) is 0 Å². The van der Waals surface area contributed by atoms with E-state index in [-0.39, 0.29) is 4.90 Å². The highest BCUT2D eigenvalue weighted by Crippen LogP contribution is 2.24. The first kappa shape index (κ1) is 20.5. The third kappa shape index (κ3) is 4.69. The van der Waals surface area contributed by atoms with Crippen LogP contribution in [0.25, 0.3) is 5.82 Å². The van der Waals surface area contributed by atoms with Gasteiger partial charge in [-0.3, -0.25) is 9.29 Å². The van der Waals surface area contributed by atoms with Crippen molar-refractivity contribution >= 4 is 15.7 Å². The van der Waals surface area contributed by atoms with Gasteiger partial charge < -0.3 is 4.74 Å². The number of sulfonamides is 1. The number of halogens is 1. The highest BCUT2D eigenvalue weighted by atomic mass is 32.2. The fraction of sp³-hybridized carbons (Fsp3) is 0.0952. The molecule has 0 aliphatic carbocycles. The first-order chi connectivity index (χ1) is 14.8. The summed E-state index contributed by atoms with van der Waals surface area (Å²) in [7, 11) is -3.91. The number of nitrogens with zero attached hydrogens (tertiary/aromatic N) is 4. The molecule has 2 heterocycles. The lowest BCUT2D eigenvalue weighted by molar-refractivity contribution is 0.459. The molecule has 0 fully saturated rings. The number of aromatic nitrogens is 4. The van der Waals surface area contributed by atoms with Crippen molar-refractivity contribution < 1.29 is 17.5 Å². The summed E-state index contributed by atoms with van der Waals surface area (Å²) in [5.41, 5.74) is 0.310. The van der Waals surface area contributed by atoms with Crippen LogP contribution in [0.15, 0.2) is 71.9 Å². The summed E-state index contributed by atoms with van der Waals surface area (Å²) < 4.78 is 48.2. The molecule has 0 aliphatic heterocycles. The molecule has 0 unspecified atom stereocenters. The van der Waals surface area contributed by atoms with E-state index in [9.17, 15) is 12.8 Å². The predicted octanol–water partition coefficient (Wildman–Crippen LogP) is 4.01. The first-order valence-corrected chi connectivity index (χ1v) is 10.7. The largest absolute Gasteiger partial charge is 0.439 e. The van der Waals surface area contributed by atoms with Gasteiger partial charge in [0.25, 0.3) is 10.0 Å². The number of benzene rings is 2. The maximum Gasteiger partial charge on any atom is 0.261 e. The minimum absolute atomic E-state index is 0.161. The van der Waals surface area contributed by atoms with Gasteiger partial charge in [-0.2, -0.15) is 4.98 Å². The van der Waals surface area contributed by atoms with Crippen molar-refractivity contribution in [3.8, 4) is 17.4 Å². The van der Waals surface area contributed by atoms with E-state index in [1.54, 1.807) is 49.6 Å². The fourth-order valence-electron chi connectivity index (χ4n) is 2.88. The SMILES string of the molecule is Cc1nc(Oc2ccc(NS(=O)(=O)c3cccc(F)c3)cc2)cc(-n2ccnc2C)n1. The Morgan fingerprint density at radius 1 is 1.03 bits per heavy atom. The molecule has 2 aromatic carbocycles. The lowest BCUT2D eigenvalue weighted by Gasteiger charge is -2.11. The van der Waals surface area contributed by atoms with E-state index < -0.39 is 15.8 Å². The molecule has 0 spiro atoms. The van der Waals surface area contributed by atoms with E-state index in [0.717, 1.165) is 11.9 Å². The van der Waals surface area contributed by atoms with Crippen LogP contribution in [0, 0.1) is 19.7 Å². The normalized spacial score (nSPS) is 11.3. The molecular formula is C21H18FN5O3S. The van der Waals surface area contributed by atoms with Crippen LogP contribution in [-0.2, 0) is 10.0 Å². The van der Waals surface area contributed by atoms with E-state index in [1.165, 1.54) is 18.2 Å². The molecule has 0 radical (unpaired) electrons. The monoisotopic (exact) mass is 439 g/mol. The molecule has 2 aromatic heterocycles. The Balaban J connectivity index is 1.52. The van der Waals surface area contributed by atoms with Gasteiger partial charge in [0.2, 0.25) is 5.88 Å². The standard InChI is InChI=1S/C21H18FN5O3S/c1-14-24-20(27-11-10-23-15(27)2)13-21(25-14)30-18-8-6-17(7-9-18)26-31(28,29)19-5-3-4-16(22)12-19/h3-13,26H,1-2H3. The summed E-state index contributed by atoms with van der Waals surface area (Å²) in [5, 5.41) is 0. The third-order valence-electron chi connectivity index (χ3n) is 4.31. The van der Waals surface area contributed by atoms with Crippen molar-refractivity contribution in [1.82, 2.24) is 19.5 Å². The molecule has 0 aliphatic rings. The highest BCUT2D eigenvalue weighted by molar-refractivity contribution is 7.92. The van der Waals surface area contributed by atoms with Crippen LogP contribution in [0.3, 0.4) is 0 Å². The second-order valence-corrected chi connectivity index (χ2v) is 8.33. The molecule has 4 aromatic rings. The van der Waals surface area contributed by atoms with Gasteiger partial charge in [-0.05, 0) is 56.3 Å². The van der Waals surface area contributed by atoms with Gasteiger partial charge in [-0.1, -0.05) is 6.07 Å². The Labute approximate surface area is 178 Å². The Morgan fingerprint density at radius 3 is 2.48 bits per heavy atom. The van der Waals surface area contributed by atoms with E-state index in [1.807, 2.05) is 11.5 Å². The lowest BCUT2D eigenvalue weighted by atomic mass is 10.3. The number of nitrogens with one attached hydrogen (secondary N) is 1. The molecule has 0 saturated carbocycles. The fourth-order valence-corrected chi connectivity index (χ4v) is 3.97. The zero-order valence-corrected chi connectivity index (χ0v) is 17.5. The van der Waals surface area contributed by atoms with E-state index in [4.69, 9.17) is 4.74 Å². The van der Waals surface area contributed by atoms with Crippen molar-refractivity contribution in [2.45, 2.75) is 18.7 Å². The summed E-state index contributed by atoms with van der Waals surface area (Å²) in [4.78, 5) is 12.7. The highest BCUT2D eigenvalue weighted by Gasteiger charge is 2.15. The zero-order valence-electron chi connectivity index (χ0n) is 16.7. The summed E-state index contributed by atoms with van der Waals surface area (Å²) >= 11 is 0. The Morgan fingerprint density at radius 2 is 1.81 bits per heavy atom. The van der Waals surface area contributed by atoms with E-state index in [2.05, 4.69) is 19.7 Å². The van der Waals surface area contributed by atoms with Gasteiger partial charge in [0, 0.05) is 24.1 Å². The smallest absolute Gasteiger partial charge is 0.261 e. The van der Waals surface area contributed by atoms with Gasteiger partial charge in [-0.15, -0.1) is 0 Å². The quantitative estimate of drug-likeness (QED) is 0.487. The van der Waals surface area contributed by atoms with E-state index in [0.29, 0.717) is 29.0 Å². The van der Waals surface area contributed by atoms with Gasteiger partial charge >= 0.3 is 0 Å². The maximum absolute atomic E-state index is 13.3. The van der Waals surface area contributed by atoms with Crippen LogP contribution in [-0.4, -0.2) is 27.9 Å². The van der Waals surface area contributed by atoms with Crippen LogP contribution >= 0.6 is 0 Å². The van der Waals surface area contributed by atoms with Crippen LogP contribution < -0.4 is 9.46 Å². The molecular weight excluding hydrogens is 421 g/mol. The van der Waals surface area contributed by atoms with Gasteiger partial charge in [0.05, 0.1) is 4.90 Å². The van der Waals surface area contributed by atoms with Crippen molar-refractivity contribution in [3.05, 3.63) is 84.5 Å². The zero-order chi connectivity index (χ0) is 22.0. The maximum atomic E-state index is 13.3. The molecule has 31 heavy (non-hydrogen) atoms. The van der Waals surface area contributed by atoms with Gasteiger partial charge in [0.15, 0.2) is 0 Å². The average Bonchev–Trinajstić information content (AvgIpc) is 3.15. The third-order valence-corrected chi connectivity index (χ3v) is 5.69. The Bertz CT molecular complexity index is 1340. The summed E-state index contributed by atoms with van der Waals surface area (Å²) in [6, 6.07) is 12.8. The van der Waals surface area contributed by atoms with Gasteiger partial charge in [-0.25, -0.2) is 22.8 Å². The van der Waals surface area contributed by atoms with Crippen LogP contribution in [0.2, 0.25) is 0 Å². The Kier molecular flexibility index (Phi) is 5.38. The number of hydrogen-bond acceptors (Lipinski definition) is 6. The Hall–Kier alpha value is -3.79. The van der Waals surface area contributed by atoms with E-state index >= 15 is 0 Å². The predicted molar refractivity (Wildman–Crippen MR) is 112 cm³/mol. The number of rotatable bonds is 6. The minimum Gasteiger partial charge on any atom is -0.439 e. The second-order valence-electron chi connectivity index (χ2n) is 6.65. The summed E-state index contributed by atoms with van der Waals surface area (Å²) in [6.45, 7) is 3.62. The summed E-state index contributed by atoms with van der Waals surface area (Å²) in [5.74, 6) is 2.09. The number of aryl methyl sites for hydroxylation is 2. The molecule has 0 amide bonds. The molecule has 0 atom stereocenters. The van der Waals surface area contributed by atoms with Gasteiger partial charge in [0.1, 0.15) is 29.0 Å². The average molecular weight is 439 g/mol. The number of hydrogen-bond donors (Lipinski definition) is 1. The topological polar surface area (TPSA) is 99.0 Å². The molecule has 158 valence electrons. The molecule has 10 heteroatoms. The van der Waals surface area contributed by atoms with Crippen molar-refractivity contribution in [2.75, 3.05) is 4.72 Å². The first-order valence-electron chi connectivity index (χ1n) is 9.22. The van der Waals surface area contributed by atoms with Crippen molar-refractivity contribution in [3.63, 3.8) is 0 Å².